The molecule has 1 unspecified atom stereocenters. The largest absolute Gasteiger partial charge is 0.304 e. The fourth-order valence-corrected chi connectivity index (χ4v) is 3.51. The van der Waals surface area contributed by atoms with Crippen LogP contribution in [0, 0.1) is 13.8 Å². The monoisotopic (exact) mass is 276 g/mol. The molecular formula is C16H24N2O2. The van der Waals surface area contributed by atoms with E-state index in [2.05, 4.69) is 18.9 Å². The number of aromatic nitrogens is 1. The molecule has 0 N–H and O–H groups in total. The van der Waals surface area contributed by atoms with E-state index in [1.807, 2.05) is 19.9 Å². The molecule has 4 heteroatoms. The number of pyridine rings is 1. The van der Waals surface area contributed by atoms with E-state index in [9.17, 15) is 9.59 Å². The highest BCUT2D eigenvalue weighted by Crippen LogP contribution is 2.29. The Bertz CT molecular complexity index is 603. The predicted octanol–water partition coefficient (Wildman–Crippen LogP) is 2.11. The number of aryl methyl sites for hydroxylation is 2. The van der Waals surface area contributed by atoms with Gasteiger partial charge in [0, 0.05) is 19.0 Å². The molecule has 2 heterocycles. The first kappa shape index (κ1) is 15.0. The molecule has 0 spiro atoms. The van der Waals surface area contributed by atoms with Crippen molar-refractivity contribution in [3.05, 3.63) is 33.2 Å². The molecule has 20 heavy (non-hydrogen) atoms. The zero-order valence-electron chi connectivity index (χ0n) is 13.1. The fraction of sp³-hybridized carbons (Fsp3) is 0.625. The van der Waals surface area contributed by atoms with Gasteiger partial charge in [0.05, 0.1) is 11.2 Å². The number of Topliss-reactive ketones (excluding diaryl/α,β-unsaturated/α-hetero) is 1. The smallest absolute Gasteiger partial charge is 0.254 e. The standard InChI is InChI=1S/C16H24N2O2/c1-11-9-12(2)15(20)18(14(11)13(3)19)16(4)7-6-8-17(5)10-16/h9H,6-8,10H2,1-5H3. The van der Waals surface area contributed by atoms with Crippen LogP contribution in [0.2, 0.25) is 0 Å². The molecule has 0 aliphatic carbocycles. The molecule has 0 saturated carbocycles. The van der Waals surface area contributed by atoms with Crippen molar-refractivity contribution >= 4 is 5.78 Å². The minimum atomic E-state index is -0.304. The molecular weight excluding hydrogens is 252 g/mol. The van der Waals surface area contributed by atoms with Gasteiger partial charge in [-0.05, 0) is 58.8 Å². The summed E-state index contributed by atoms with van der Waals surface area (Å²) in [5.41, 5.74) is 1.84. The molecule has 110 valence electrons. The van der Waals surface area contributed by atoms with Gasteiger partial charge < -0.3 is 4.90 Å². The van der Waals surface area contributed by atoms with Crippen LogP contribution < -0.4 is 5.56 Å². The molecule has 1 saturated heterocycles. The average Bonchev–Trinajstić information content (AvgIpc) is 2.32. The van der Waals surface area contributed by atoms with Crippen LogP contribution in [0.5, 0.6) is 0 Å². The summed E-state index contributed by atoms with van der Waals surface area (Å²) in [4.78, 5) is 26.9. The Kier molecular flexibility index (Phi) is 3.87. The normalized spacial score (nSPS) is 23.9. The van der Waals surface area contributed by atoms with Crippen LogP contribution in [0.25, 0.3) is 0 Å². The highest BCUT2D eigenvalue weighted by atomic mass is 16.1. The van der Waals surface area contributed by atoms with E-state index < -0.39 is 0 Å². The highest BCUT2D eigenvalue weighted by Gasteiger charge is 2.35. The first-order valence-electron chi connectivity index (χ1n) is 7.19. The summed E-state index contributed by atoms with van der Waals surface area (Å²) in [6.07, 6.45) is 1.98. The number of ketones is 1. The van der Waals surface area contributed by atoms with Crippen LogP contribution in [-0.4, -0.2) is 35.4 Å². The van der Waals surface area contributed by atoms with Gasteiger partial charge in [-0.2, -0.15) is 0 Å². The van der Waals surface area contributed by atoms with Gasteiger partial charge >= 0.3 is 0 Å². The second-order valence-electron chi connectivity index (χ2n) is 6.39. The number of carbonyl (C=O) groups is 1. The van der Waals surface area contributed by atoms with Gasteiger partial charge in [0.15, 0.2) is 5.78 Å². The summed E-state index contributed by atoms with van der Waals surface area (Å²) in [6.45, 7) is 9.22. The number of likely N-dealkylation sites (tertiary alicyclic amines) is 1. The van der Waals surface area contributed by atoms with Gasteiger partial charge in [0.25, 0.3) is 5.56 Å². The Morgan fingerprint density at radius 2 is 1.95 bits per heavy atom. The summed E-state index contributed by atoms with van der Waals surface area (Å²) in [5, 5.41) is 0. The number of hydrogen-bond acceptors (Lipinski definition) is 3. The quantitative estimate of drug-likeness (QED) is 0.777. The minimum absolute atomic E-state index is 0.0291. The Balaban J connectivity index is 2.72. The molecule has 0 aromatic carbocycles. The Labute approximate surface area is 120 Å². The van der Waals surface area contributed by atoms with Gasteiger partial charge in [-0.3, -0.25) is 14.2 Å². The number of hydrogen-bond donors (Lipinski definition) is 0. The number of piperidine rings is 1. The van der Waals surface area contributed by atoms with Crippen LogP contribution in [0.3, 0.4) is 0 Å². The SMILES string of the molecule is CC(=O)c1c(C)cc(C)c(=O)n1C1(C)CCCN(C)C1. The number of rotatable bonds is 2. The molecule has 1 aliphatic heterocycles. The number of nitrogens with zero attached hydrogens (tertiary/aromatic N) is 2. The van der Waals surface area contributed by atoms with E-state index in [1.54, 1.807) is 11.5 Å². The second-order valence-corrected chi connectivity index (χ2v) is 6.39. The van der Waals surface area contributed by atoms with Crippen molar-refractivity contribution < 1.29 is 4.79 Å². The van der Waals surface area contributed by atoms with Gasteiger partial charge in [0.1, 0.15) is 0 Å². The molecule has 1 aromatic rings. The first-order chi connectivity index (χ1) is 9.26. The van der Waals surface area contributed by atoms with Crippen LogP contribution in [-0.2, 0) is 5.54 Å². The third-order valence-electron chi connectivity index (χ3n) is 4.31. The van der Waals surface area contributed by atoms with Crippen molar-refractivity contribution in [2.24, 2.45) is 0 Å². The lowest BCUT2D eigenvalue weighted by Crippen LogP contribution is -2.52. The first-order valence-corrected chi connectivity index (χ1v) is 7.19. The molecule has 1 aliphatic rings. The molecule has 1 fully saturated rings. The van der Waals surface area contributed by atoms with Crippen molar-refractivity contribution in [2.75, 3.05) is 20.1 Å². The lowest BCUT2D eigenvalue weighted by atomic mass is 9.89. The zero-order valence-corrected chi connectivity index (χ0v) is 13.1. The summed E-state index contributed by atoms with van der Waals surface area (Å²) < 4.78 is 1.76. The zero-order chi connectivity index (χ0) is 15.1. The van der Waals surface area contributed by atoms with Crippen molar-refractivity contribution in [1.29, 1.82) is 0 Å². The van der Waals surface area contributed by atoms with Gasteiger partial charge in [0.2, 0.25) is 0 Å². The lowest BCUT2D eigenvalue weighted by Gasteiger charge is -2.41. The Morgan fingerprint density at radius 3 is 2.50 bits per heavy atom. The van der Waals surface area contributed by atoms with Crippen molar-refractivity contribution in [3.63, 3.8) is 0 Å². The molecule has 1 aromatic heterocycles. The van der Waals surface area contributed by atoms with Gasteiger partial charge in [-0.25, -0.2) is 0 Å². The number of likely N-dealkylation sites (N-methyl/N-ethyl adjacent to an activating group) is 1. The maximum atomic E-state index is 12.6. The van der Waals surface area contributed by atoms with Crippen LogP contribution in [0.4, 0.5) is 0 Å². The average molecular weight is 276 g/mol. The maximum Gasteiger partial charge on any atom is 0.254 e. The Hall–Kier alpha value is -1.42. The van der Waals surface area contributed by atoms with E-state index >= 15 is 0 Å². The molecule has 1 atom stereocenters. The summed E-state index contributed by atoms with van der Waals surface area (Å²) in [7, 11) is 2.07. The minimum Gasteiger partial charge on any atom is -0.304 e. The van der Waals surface area contributed by atoms with Gasteiger partial charge in [-0.15, -0.1) is 0 Å². The van der Waals surface area contributed by atoms with Gasteiger partial charge in [-0.1, -0.05) is 0 Å². The molecule has 0 bridgehead atoms. The van der Waals surface area contributed by atoms with Crippen molar-refractivity contribution in [2.45, 2.75) is 46.1 Å². The molecule has 2 rings (SSSR count). The summed E-state index contributed by atoms with van der Waals surface area (Å²) >= 11 is 0. The van der Waals surface area contributed by atoms with Crippen molar-refractivity contribution in [3.8, 4) is 0 Å². The third-order valence-corrected chi connectivity index (χ3v) is 4.31. The van der Waals surface area contributed by atoms with Crippen molar-refractivity contribution in [1.82, 2.24) is 9.47 Å². The lowest BCUT2D eigenvalue weighted by molar-refractivity contribution is 0.0953. The maximum absolute atomic E-state index is 12.6. The van der Waals surface area contributed by atoms with Crippen LogP contribution in [0.1, 0.15) is 48.3 Å². The van der Waals surface area contributed by atoms with Crippen LogP contribution in [0.15, 0.2) is 10.9 Å². The topological polar surface area (TPSA) is 42.3 Å². The number of carbonyl (C=O) groups excluding carboxylic acids is 1. The van der Waals surface area contributed by atoms with Crippen LogP contribution >= 0.6 is 0 Å². The Morgan fingerprint density at radius 1 is 1.30 bits per heavy atom. The summed E-state index contributed by atoms with van der Waals surface area (Å²) in [5.74, 6) is -0.0333. The van der Waals surface area contributed by atoms with E-state index in [0.717, 1.165) is 31.5 Å². The second kappa shape index (κ2) is 5.17. The molecule has 4 nitrogen and oxygen atoms in total. The summed E-state index contributed by atoms with van der Waals surface area (Å²) in [6, 6.07) is 1.82. The molecule has 0 amide bonds. The molecule has 0 radical (unpaired) electrons. The van der Waals surface area contributed by atoms with E-state index in [0.29, 0.717) is 11.3 Å². The van der Waals surface area contributed by atoms with E-state index in [-0.39, 0.29) is 16.9 Å². The predicted molar refractivity (Wildman–Crippen MR) is 80.6 cm³/mol. The van der Waals surface area contributed by atoms with E-state index in [1.165, 1.54) is 0 Å². The van der Waals surface area contributed by atoms with E-state index in [4.69, 9.17) is 0 Å². The fourth-order valence-electron chi connectivity index (χ4n) is 3.51. The third kappa shape index (κ3) is 2.44. The highest BCUT2D eigenvalue weighted by molar-refractivity contribution is 5.94.